The van der Waals surface area contributed by atoms with Gasteiger partial charge in [0.05, 0.1) is 10.4 Å². The molecule has 7 heteroatoms. The molecule has 0 unspecified atom stereocenters. The Bertz CT molecular complexity index is 674. The van der Waals surface area contributed by atoms with E-state index in [0.717, 1.165) is 12.1 Å². The van der Waals surface area contributed by atoms with Crippen molar-refractivity contribution < 1.29 is 17.6 Å². The van der Waals surface area contributed by atoms with E-state index < -0.39 is 21.4 Å². The Morgan fingerprint density at radius 1 is 1.33 bits per heavy atom. The highest BCUT2D eigenvalue weighted by atomic mass is 32.2. The number of fused-ring (bicyclic) bond motifs is 1. The average Bonchev–Trinajstić information content (AvgIpc) is 2.76. The minimum Gasteiger partial charge on any atom is -0.349 e. The van der Waals surface area contributed by atoms with Crippen molar-refractivity contribution >= 4 is 15.9 Å². The summed E-state index contributed by atoms with van der Waals surface area (Å²) >= 11 is 0. The predicted molar refractivity (Wildman–Crippen MR) is 74.5 cm³/mol. The van der Waals surface area contributed by atoms with E-state index in [1.807, 2.05) is 6.92 Å². The second-order valence-corrected chi connectivity index (χ2v) is 7.73. The standard InChI is InChI=1S/C14H17FN2O3S/c1-14-8-9-17(12(14)6-7-13(18)16-14)21(19,20)11-4-2-10(15)3-5-11/h2-5,12H,6-9H2,1H3,(H,16,18)/t12-,14-/m0/s1. The summed E-state index contributed by atoms with van der Waals surface area (Å²) in [4.78, 5) is 11.6. The number of sulfonamides is 1. The van der Waals surface area contributed by atoms with Gasteiger partial charge in [-0.25, -0.2) is 12.8 Å². The Morgan fingerprint density at radius 2 is 2.00 bits per heavy atom. The number of amides is 1. The molecule has 114 valence electrons. The van der Waals surface area contributed by atoms with Crippen molar-refractivity contribution in [2.75, 3.05) is 6.54 Å². The molecule has 0 bridgehead atoms. The molecule has 21 heavy (non-hydrogen) atoms. The largest absolute Gasteiger partial charge is 0.349 e. The highest BCUT2D eigenvalue weighted by Crippen LogP contribution is 2.37. The van der Waals surface area contributed by atoms with E-state index in [1.165, 1.54) is 16.4 Å². The molecule has 2 fully saturated rings. The quantitative estimate of drug-likeness (QED) is 0.894. The van der Waals surface area contributed by atoms with E-state index >= 15 is 0 Å². The molecule has 0 saturated carbocycles. The maximum Gasteiger partial charge on any atom is 0.243 e. The second-order valence-electron chi connectivity index (χ2n) is 5.84. The predicted octanol–water partition coefficient (Wildman–Crippen LogP) is 1.26. The van der Waals surface area contributed by atoms with Crippen LogP contribution >= 0.6 is 0 Å². The summed E-state index contributed by atoms with van der Waals surface area (Å²) in [5, 5.41) is 2.91. The molecular formula is C14H17FN2O3S. The van der Waals surface area contributed by atoms with Crippen LogP contribution in [0.1, 0.15) is 26.2 Å². The maximum absolute atomic E-state index is 13.0. The van der Waals surface area contributed by atoms with Gasteiger partial charge in [-0.2, -0.15) is 4.31 Å². The number of nitrogens with zero attached hydrogens (tertiary/aromatic N) is 1. The van der Waals surface area contributed by atoms with E-state index in [2.05, 4.69) is 5.32 Å². The summed E-state index contributed by atoms with van der Waals surface area (Å²) in [6.45, 7) is 2.25. The van der Waals surface area contributed by atoms with E-state index in [1.54, 1.807) is 0 Å². The number of carbonyl (C=O) groups is 1. The molecule has 1 aromatic rings. The van der Waals surface area contributed by atoms with Gasteiger partial charge in [-0.05, 0) is 44.0 Å². The van der Waals surface area contributed by atoms with Crippen LogP contribution in [0.15, 0.2) is 29.2 Å². The van der Waals surface area contributed by atoms with Crippen molar-refractivity contribution in [3.63, 3.8) is 0 Å². The molecule has 3 rings (SSSR count). The van der Waals surface area contributed by atoms with Crippen LogP contribution in [0, 0.1) is 5.82 Å². The molecule has 0 spiro atoms. The summed E-state index contributed by atoms with van der Waals surface area (Å²) in [7, 11) is -3.67. The lowest BCUT2D eigenvalue weighted by molar-refractivity contribution is -0.125. The van der Waals surface area contributed by atoms with Gasteiger partial charge in [-0.3, -0.25) is 4.79 Å². The molecule has 5 nitrogen and oxygen atoms in total. The van der Waals surface area contributed by atoms with Crippen LogP contribution in [-0.2, 0) is 14.8 Å². The van der Waals surface area contributed by atoms with Gasteiger partial charge in [0.25, 0.3) is 0 Å². The number of rotatable bonds is 2. The van der Waals surface area contributed by atoms with E-state index in [-0.39, 0.29) is 16.8 Å². The number of piperidine rings is 1. The summed E-state index contributed by atoms with van der Waals surface area (Å²) < 4.78 is 39.8. The zero-order valence-corrected chi connectivity index (χ0v) is 12.5. The summed E-state index contributed by atoms with van der Waals surface area (Å²) in [5.74, 6) is -0.500. The summed E-state index contributed by atoms with van der Waals surface area (Å²) in [6.07, 6.45) is 1.43. The first kappa shape index (κ1) is 14.5. The minimum atomic E-state index is -3.67. The van der Waals surface area contributed by atoms with Crippen LogP contribution in [-0.4, -0.2) is 36.8 Å². The van der Waals surface area contributed by atoms with Gasteiger partial charge in [-0.1, -0.05) is 0 Å². The van der Waals surface area contributed by atoms with Crippen LogP contribution in [0.25, 0.3) is 0 Å². The minimum absolute atomic E-state index is 0.0326. The van der Waals surface area contributed by atoms with E-state index in [4.69, 9.17) is 0 Å². The van der Waals surface area contributed by atoms with Gasteiger partial charge in [0.2, 0.25) is 15.9 Å². The molecule has 2 saturated heterocycles. The Balaban J connectivity index is 1.94. The SMILES string of the molecule is C[C@]12CCN(S(=O)(=O)c3ccc(F)cc3)[C@H]1CCC(=O)N2. The lowest BCUT2D eigenvalue weighted by Gasteiger charge is -2.39. The lowest BCUT2D eigenvalue weighted by Crippen LogP contribution is -2.58. The van der Waals surface area contributed by atoms with Crippen molar-refractivity contribution in [1.82, 2.24) is 9.62 Å². The van der Waals surface area contributed by atoms with Gasteiger partial charge < -0.3 is 5.32 Å². The Labute approximate surface area is 123 Å². The third-order valence-electron chi connectivity index (χ3n) is 4.42. The highest BCUT2D eigenvalue weighted by molar-refractivity contribution is 7.89. The Kier molecular flexibility index (Phi) is 3.29. The first-order valence-corrected chi connectivity index (χ1v) is 8.35. The number of hydrogen-bond donors (Lipinski definition) is 1. The summed E-state index contributed by atoms with van der Waals surface area (Å²) in [5.41, 5.74) is -0.511. The zero-order valence-electron chi connectivity index (χ0n) is 11.7. The molecular weight excluding hydrogens is 295 g/mol. The smallest absolute Gasteiger partial charge is 0.243 e. The molecule has 0 aromatic heterocycles. The van der Waals surface area contributed by atoms with Gasteiger partial charge in [0.1, 0.15) is 5.82 Å². The number of hydrogen-bond acceptors (Lipinski definition) is 3. The molecule has 1 amide bonds. The van der Waals surface area contributed by atoms with E-state index in [0.29, 0.717) is 25.8 Å². The molecule has 2 heterocycles. The van der Waals surface area contributed by atoms with Crippen LogP contribution < -0.4 is 5.32 Å². The van der Waals surface area contributed by atoms with Crippen LogP contribution in [0.3, 0.4) is 0 Å². The fraction of sp³-hybridized carbons (Fsp3) is 0.500. The van der Waals surface area contributed by atoms with Crippen molar-refractivity contribution in [1.29, 1.82) is 0 Å². The first-order valence-electron chi connectivity index (χ1n) is 6.91. The van der Waals surface area contributed by atoms with E-state index in [9.17, 15) is 17.6 Å². The molecule has 2 aliphatic heterocycles. The summed E-state index contributed by atoms with van der Waals surface area (Å²) in [6, 6.07) is 4.60. The zero-order chi connectivity index (χ0) is 15.3. The Morgan fingerprint density at radius 3 is 2.67 bits per heavy atom. The number of benzene rings is 1. The van der Waals surface area contributed by atoms with Crippen molar-refractivity contribution in [3.05, 3.63) is 30.1 Å². The number of halogens is 1. The topological polar surface area (TPSA) is 66.5 Å². The molecule has 1 N–H and O–H groups in total. The van der Waals surface area contributed by atoms with Gasteiger partial charge in [-0.15, -0.1) is 0 Å². The normalized spacial score (nSPS) is 30.0. The number of carbonyl (C=O) groups excluding carboxylic acids is 1. The monoisotopic (exact) mass is 312 g/mol. The number of nitrogens with one attached hydrogen (secondary N) is 1. The second kappa shape index (κ2) is 4.78. The van der Waals surface area contributed by atoms with Crippen molar-refractivity contribution in [2.45, 2.75) is 42.7 Å². The van der Waals surface area contributed by atoms with Crippen molar-refractivity contribution in [3.8, 4) is 0 Å². The van der Waals surface area contributed by atoms with Gasteiger partial charge in [0, 0.05) is 19.0 Å². The molecule has 0 radical (unpaired) electrons. The fourth-order valence-electron chi connectivity index (χ4n) is 3.27. The van der Waals surface area contributed by atoms with Gasteiger partial charge in [0.15, 0.2) is 0 Å². The molecule has 2 aliphatic rings. The van der Waals surface area contributed by atoms with Crippen molar-refractivity contribution in [2.24, 2.45) is 0 Å². The maximum atomic E-state index is 13.0. The van der Waals surface area contributed by atoms with Crippen LogP contribution in [0.5, 0.6) is 0 Å². The third kappa shape index (κ3) is 2.34. The average molecular weight is 312 g/mol. The lowest BCUT2D eigenvalue weighted by atomic mass is 9.86. The van der Waals surface area contributed by atoms with Crippen LogP contribution in [0.2, 0.25) is 0 Å². The highest BCUT2D eigenvalue weighted by Gasteiger charge is 2.51. The first-order chi connectivity index (χ1) is 9.83. The van der Waals surface area contributed by atoms with Gasteiger partial charge >= 0.3 is 0 Å². The third-order valence-corrected chi connectivity index (χ3v) is 6.35. The molecule has 0 aliphatic carbocycles. The molecule has 2 atom stereocenters. The molecule has 1 aromatic carbocycles. The Hall–Kier alpha value is -1.47. The fourth-order valence-corrected chi connectivity index (χ4v) is 5.03. The van der Waals surface area contributed by atoms with Crippen LogP contribution in [0.4, 0.5) is 4.39 Å².